The van der Waals surface area contributed by atoms with Crippen molar-refractivity contribution in [2.75, 3.05) is 7.11 Å². The summed E-state index contributed by atoms with van der Waals surface area (Å²) >= 11 is 5.95. The fraction of sp³-hybridized carbons (Fsp3) is 0.111. The number of benzene rings is 2. The minimum atomic E-state index is -0.485. The summed E-state index contributed by atoms with van der Waals surface area (Å²) in [5.41, 5.74) is 3.94. The third-order valence-corrected chi connectivity index (χ3v) is 3.51. The number of ether oxygens (including phenoxy) is 1. The van der Waals surface area contributed by atoms with E-state index in [-0.39, 0.29) is 11.3 Å². The van der Waals surface area contributed by atoms with Gasteiger partial charge < -0.3 is 9.84 Å². The van der Waals surface area contributed by atoms with E-state index in [1.165, 1.54) is 12.3 Å². The van der Waals surface area contributed by atoms with Gasteiger partial charge in [-0.25, -0.2) is 5.43 Å². The molecule has 5 nitrogen and oxygen atoms in total. The Morgan fingerprint density at radius 3 is 2.88 bits per heavy atom. The van der Waals surface area contributed by atoms with Gasteiger partial charge in [0, 0.05) is 16.8 Å². The number of para-hydroxylation sites is 1. The Bertz CT molecular complexity index is 801. The molecule has 0 heterocycles. The molecule has 0 fully saturated rings. The van der Waals surface area contributed by atoms with Crippen LogP contribution in [0.4, 0.5) is 0 Å². The molecule has 0 atom stereocenters. The minimum Gasteiger partial charge on any atom is -0.507 e. The lowest BCUT2D eigenvalue weighted by Crippen LogP contribution is -2.17. The first-order valence-electron chi connectivity index (χ1n) is 7.15. The van der Waals surface area contributed by atoms with E-state index < -0.39 is 5.91 Å². The zero-order valence-corrected chi connectivity index (χ0v) is 14.0. The monoisotopic (exact) mass is 344 g/mol. The molecule has 2 aromatic carbocycles. The van der Waals surface area contributed by atoms with E-state index in [1.54, 1.807) is 56.5 Å². The maximum Gasteiger partial charge on any atom is 0.275 e. The summed E-state index contributed by atoms with van der Waals surface area (Å²) in [4.78, 5) is 11.9. The van der Waals surface area contributed by atoms with Crippen molar-refractivity contribution in [3.63, 3.8) is 0 Å². The first kappa shape index (κ1) is 17.6. The second-order valence-corrected chi connectivity index (χ2v) is 5.37. The number of nitrogens with one attached hydrogen (secondary N) is 1. The quantitative estimate of drug-likeness (QED) is 0.640. The summed E-state index contributed by atoms with van der Waals surface area (Å²) in [6, 6.07) is 10.2. The van der Waals surface area contributed by atoms with Gasteiger partial charge in [0.25, 0.3) is 5.91 Å². The number of phenolic OH excluding ortho intramolecular Hbond substituents is 1. The van der Waals surface area contributed by atoms with Crippen LogP contribution in [0.25, 0.3) is 6.08 Å². The number of rotatable bonds is 5. The SMILES string of the molecule is COc1ccc(Cl)cc1/C=C/C=N\NC(=O)c1cccc(C)c1O. The van der Waals surface area contributed by atoms with Crippen LogP contribution in [0.15, 0.2) is 47.6 Å². The van der Waals surface area contributed by atoms with E-state index in [2.05, 4.69) is 10.5 Å². The standard InChI is InChI=1S/C18H17ClN2O3/c1-12-5-3-7-15(17(12)22)18(23)21-20-10-4-6-13-11-14(19)8-9-16(13)24-2/h3-11,22H,1-2H3,(H,21,23)/b6-4+,20-10-. The molecule has 1 amide bonds. The molecule has 6 heteroatoms. The normalized spacial score (nSPS) is 11.1. The molecular formula is C18H17ClN2O3. The van der Waals surface area contributed by atoms with Crippen molar-refractivity contribution in [1.82, 2.24) is 5.43 Å². The molecule has 0 saturated heterocycles. The second-order valence-electron chi connectivity index (χ2n) is 4.94. The number of methoxy groups -OCH3 is 1. The fourth-order valence-corrected chi connectivity index (χ4v) is 2.20. The van der Waals surface area contributed by atoms with Gasteiger partial charge in [0.15, 0.2) is 0 Å². The summed E-state index contributed by atoms with van der Waals surface area (Å²) in [5, 5.41) is 14.3. The number of halogens is 1. The number of amides is 1. The van der Waals surface area contributed by atoms with E-state index >= 15 is 0 Å². The number of aromatic hydroxyl groups is 1. The molecule has 2 N–H and O–H groups in total. The van der Waals surface area contributed by atoms with E-state index in [0.29, 0.717) is 16.3 Å². The number of carbonyl (C=O) groups is 1. The first-order chi connectivity index (χ1) is 11.5. The van der Waals surface area contributed by atoms with Crippen LogP contribution in [0.2, 0.25) is 5.02 Å². The highest BCUT2D eigenvalue weighted by atomic mass is 35.5. The number of allylic oxidation sites excluding steroid dienone is 1. The molecule has 2 aromatic rings. The number of hydrazone groups is 1. The molecule has 2 rings (SSSR count). The van der Waals surface area contributed by atoms with E-state index in [0.717, 1.165) is 5.56 Å². The van der Waals surface area contributed by atoms with Crippen molar-refractivity contribution < 1.29 is 14.6 Å². The smallest absolute Gasteiger partial charge is 0.275 e. The number of nitrogens with zero attached hydrogens (tertiary/aromatic N) is 1. The Morgan fingerprint density at radius 2 is 2.12 bits per heavy atom. The maximum atomic E-state index is 11.9. The topological polar surface area (TPSA) is 70.9 Å². The van der Waals surface area contributed by atoms with Crippen LogP contribution < -0.4 is 10.2 Å². The second kappa shape index (κ2) is 8.17. The summed E-state index contributed by atoms with van der Waals surface area (Å²) in [7, 11) is 1.57. The molecular weight excluding hydrogens is 328 g/mol. The lowest BCUT2D eigenvalue weighted by molar-refractivity contribution is 0.0952. The van der Waals surface area contributed by atoms with Crippen molar-refractivity contribution in [2.45, 2.75) is 6.92 Å². The van der Waals surface area contributed by atoms with Crippen molar-refractivity contribution >= 4 is 29.8 Å². The maximum absolute atomic E-state index is 11.9. The molecule has 0 unspecified atom stereocenters. The van der Waals surface area contributed by atoms with Gasteiger partial charge in [0.2, 0.25) is 0 Å². The summed E-state index contributed by atoms with van der Waals surface area (Å²) in [5.74, 6) is 0.142. The molecule has 0 aliphatic carbocycles. The van der Waals surface area contributed by atoms with Crippen LogP contribution in [0.1, 0.15) is 21.5 Å². The van der Waals surface area contributed by atoms with Gasteiger partial charge in [-0.15, -0.1) is 0 Å². The fourth-order valence-electron chi connectivity index (χ4n) is 2.02. The van der Waals surface area contributed by atoms with Gasteiger partial charge in [-0.3, -0.25) is 4.79 Å². The number of hydrogen-bond donors (Lipinski definition) is 2. The third kappa shape index (κ3) is 4.36. The number of hydrogen-bond acceptors (Lipinski definition) is 4. The van der Waals surface area contributed by atoms with Gasteiger partial charge in [-0.05, 0) is 48.9 Å². The van der Waals surface area contributed by atoms with Crippen LogP contribution in [0.5, 0.6) is 11.5 Å². The molecule has 0 radical (unpaired) electrons. The lowest BCUT2D eigenvalue weighted by Gasteiger charge is -2.05. The predicted octanol–water partition coefficient (Wildman–Crippen LogP) is 3.79. The van der Waals surface area contributed by atoms with Gasteiger partial charge in [-0.1, -0.05) is 23.7 Å². The van der Waals surface area contributed by atoms with E-state index in [9.17, 15) is 9.90 Å². The van der Waals surface area contributed by atoms with Crippen molar-refractivity contribution in [3.05, 3.63) is 64.2 Å². The van der Waals surface area contributed by atoms with Gasteiger partial charge in [-0.2, -0.15) is 5.10 Å². The average molecular weight is 345 g/mol. The lowest BCUT2D eigenvalue weighted by atomic mass is 10.1. The Balaban J connectivity index is 2.01. The Morgan fingerprint density at radius 1 is 1.33 bits per heavy atom. The number of carbonyl (C=O) groups excluding carboxylic acids is 1. The highest BCUT2D eigenvalue weighted by molar-refractivity contribution is 6.30. The highest BCUT2D eigenvalue weighted by Gasteiger charge is 2.11. The summed E-state index contributed by atoms with van der Waals surface area (Å²) < 4.78 is 5.23. The zero-order valence-electron chi connectivity index (χ0n) is 13.3. The minimum absolute atomic E-state index is 0.0515. The van der Waals surface area contributed by atoms with Gasteiger partial charge in [0.1, 0.15) is 11.5 Å². The van der Waals surface area contributed by atoms with Gasteiger partial charge >= 0.3 is 0 Å². The van der Waals surface area contributed by atoms with Crippen molar-refractivity contribution in [1.29, 1.82) is 0 Å². The molecule has 0 bridgehead atoms. The Labute approximate surface area is 145 Å². The predicted molar refractivity (Wildman–Crippen MR) is 95.8 cm³/mol. The molecule has 124 valence electrons. The third-order valence-electron chi connectivity index (χ3n) is 3.28. The Hall–Kier alpha value is -2.79. The van der Waals surface area contributed by atoms with E-state index in [1.807, 2.05) is 0 Å². The molecule has 0 saturated carbocycles. The number of aryl methyl sites for hydroxylation is 1. The van der Waals surface area contributed by atoms with Crippen molar-refractivity contribution in [3.8, 4) is 11.5 Å². The average Bonchev–Trinajstić information content (AvgIpc) is 2.57. The number of phenols is 1. The van der Waals surface area contributed by atoms with Crippen molar-refractivity contribution in [2.24, 2.45) is 5.10 Å². The molecule has 0 spiro atoms. The Kier molecular flexibility index (Phi) is 5.98. The molecule has 0 aromatic heterocycles. The largest absolute Gasteiger partial charge is 0.507 e. The van der Waals surface area contributed by atoms with Crippen LogP contribution in [0, 0.1) is 6.92 Å². The van der Waals surface area contributed by atoms with Gasteiger partial charge in [0.05, 0.1) is 12.7 Å². The molecule has 0 aliphatic rings. The molecule has 0 aliphatic heterocycles. The van der Waals surface area contributed by atoms with Crippen LogP contribution >= 0.6 is 11.6 Å². The summed E-state index contributed by atoms with van der Waals surface area (Å²) in [6.07, 6.45) is 4.82. The highest BCUT2D eigenvalue weighted by Crippen LogP contribution is 2.23. The summed E-state index contributed by atoms with van der Waals surface area (Å²) in [6.45, 7) is 1.72. The van der Waals surface area contributed by atoms with E-state index in [4.69, 9.17) is 16.3 Å². The first-order valence-corrected chi connectivity index (χ1v) is 7.53. The zero-order chi connectivity index (χ0) is 17.5. The molecule has 24 heavy (non-hydrogen) atoms. The van der Waals surface area contributed by atoms with Crippen LogP contribution in [-0.4, -0.2) is 24.3 Å². The van der Waals surface area contributed by atoms with Crippen LogP contribution in [-0.2, 0) is 0 Å². The van der Waals surface area contributed by atoms with Crippen LogP contribution in [0.3, 0.4) is 0 Å².